The van der Waals surface area contributed by atoms with Crippen LogP contribution in [0.4, 0.5) is 22.0 Å². The zero-order valence-corrected chi connectivity index (χ0v) is 11.2. The lowest BCUT2D eigenvalue weighted by molar-refractivity contribution is -0.348. The summed E-state index contributed by atoms with van der Waals surface area (Å²) in [4.78, 5) is 0. The van der Waals surface area contributed by atoms with E-state index < -0.39 is 24.9 Å². The van der Waals surface area contributed by atoms with E-state index in [1.54, 1.807) is 12.1 Å². The predicted molar refractivity (Wildman–Crippen MR) is 68.0 cm³/mol. The normalized spacial score (nSPS) is 14.6. The lowest BCUT2D eigenvalue weighted by Crippen LogP contribution is -2.35. The molecular formula is C14H14F5NO. The van der Waals surface area contributed by atoms with Gasteiger partial charge in [0.2, 0.25) is 6.23 Å². The average molecular weight is 307 g/mol. The maximum absolute atomic E-state index is 13.5. The molecule has 0 radical (unpaired) electrons. The molecule has 1 heterocycles. The smallest absolute Gasteiger partial charge is 0.313 e. The summed E-state index contributed by atoms with van der Waals surface area (Å²) in [5.74, 6) is 0. The van der Waals surface area contributed by atoms with Gasteiger partial charge in [0.05, 0.1) is 5.52 Å². The lowest BCUT2D eigenvalue weighted by atomic mass is 10.2. The van der Waals surface area contributed by atoms with Crippen molar-refractivity contribution in [2.45, 2.75) is 38.3 Å². The summed E-state index contributed by atoms with van der Waals surface area (Å²) in [5, 5.41) is 0.522. The molecule has 21 heavy (non-hydrogen) atoms. The Hall–Kier alpha value is -1.63. The maximum Gasteiger partial charge on any atom is 0.434 e. The van der Waals surface area contributed by atoms with Crippen LogP contribution in [-0.4, -0.2) is 16.9 Å². The Morgan fingerprint density at radius 1 is 1.10 bits per heavy atom. The first-order valence-electron chi connectivity index (χ1n) is 6.42. The van der Waals surface area contributed by atoms with Gasteiger partial charge < -0.3 is 4.57 Å². The van der Waals surface area contributed by atoms with Gasteiger partial charge in [0.15, 0.2) is 0 Å². The zero-order chi connectivity index (χ0) is 15.7. The number of hydrogen-bond acceptors (Lipinski definition) is 1. The first-order valence-corrected chi connectivity index (χ1v) is 6.42. The Balaban J connectivity index is 2.42. The van der Waals surface area contributed by atoms with Crippen molar-refractivity contribution >= 4 is 10.9 Å². The molecule has 1 atom stereocenters. The van der Waals surface area contributed by atoms with E-state index in [2.05, 4.69) is 4.74 Å². The van der Waals surface area contributed by atoms with E-state index in [4.69, 9.17) is 0 Å². The van der Waals surface area contributed by atoms with Crippen LogP contribution < -0.4 is 0 Å². The summed E-state index contributed by atoms with van der Waals surface area (Å²) < 4.78 is 71.0. The van der Waals surface area contributed by atoms with Crippen molar-refractivity contribution in [3.8, 4) is 0 Å². The fourth-order valence-corrected chi connectivity index (χ4v) is 2.10. The standard InChI is InChI=1S/C14H14F5NO/c1-2-8-13(15,16)21-12(14(17,18)19)20-9-7-10-5-3-4-6-11(10)20/h3-7,9,12H,2,8H2,1H3. The topological polar surface area (TPSA) is 14.2 Å². The molecule has 0 spiro atoms. The van der Waals surface area contributed by atoms with E-state index in [1.807, 2.05) is 0 Å². The minimum absolute atomic E-state index is 0.0179. The Labute approximate surface area is 118 Å². The molecule has 1 unspecified atom stereocenters. The molecule has 7 heteroatoms. The molecule has 0 amide bonds. The minimum atomic E-state index is -4.95. The molecule has 0 fully saturated rings. The zero-order valence-electron chi connectivity index (χ0n) is 11.2. The van der Waals surface area contributed by atoms with Gasteiger partial charge in [0.25, 0.3) is 0 Å². The highest BCUT2D eigenvalue weighted by Gasteiger charge is 2.48. The lowest BCUT2D eigenvalue weighted by Gasteiger charge is -2.27. The number of ether oxygens (including phenoxy) is 1. The highest BCUT2D eigenvalue weighted by Crippen LogP contribution is 2.39. The van der Waals surface area contributed by atoms with Gasteiger partial charge >= 0.3 is 12.3 Å². The number of alkyl halides is 5. The number of nitrogens with zero attached hydrogens (tertiary/aromatic N) is 1. The number of halogens is 5. The van der Waals surface area contributed by atoms with Crippen LogP contribution in [0.3, 0.4) is 0 Å². The molecule has 0 bridgehead atoms. The van der Waals surface area contributed by atoms with Gasteiger partial charge in [-0.2, -0.15) is 22.0 Å². The van der Waals surface area contributed by atoms with Crippen LogP contribution in [0, 0.1) is 0 Å². The van der Waals surface area contributed by atoms with E-state index in [0.29, 0.717) is 9.95 Å². The second-order valence-electron chi connectivity index (χ2n) is 4.68. The third-order valence-corrected chi connectivity index (χ3v) is 2.99. The van der Waals surface area contributed by atoms with Gasteiger partial charge in [-0.05, 0) is 23.9 Å². The first kappa shape index (κ1) is 15.8. The second kappa shape index (κ2) is 5.63. The summed E-state index contributed by atoms with van der Waals surface area (Å²) in [6.45, 7) is 1.45. The number of para-hydroxylation sites is 1. The summed E-state index contributed by atoms with van der Waals surface area (Å²) in [7, 11) is 0. The number of fused-ring (bicyclic) bond motifs is 1. The van der Waals surface area contributed by atoms with Crippen LogP contribution in [0.5, 0.6) is 0 Å². The fraction of sp³-hybridized carbons (Fsp3) is 0.429. The third kappa shape index (κ3) is 3.53. The molecule has 2 rings (SSSR count). The number of rotatable bonds is 5. The molecule has 1 aromatic carbocycles. The Kier molecular flexibility index (Phi) is 4.22. The quantitative estimate of drug-likeness (QED) is 0.700. The van der Waals surface area contributed by atoms with Crippen molar-refractivity contribution in [2.24, 2.45) is 0 Å². The van der Waals surface area contributed by atoms with Gasteiger partial charge in [0, 0.05) is 12.6 Å². The van der Waals surface area contributed by atoms with Crippen LogP contribution in [0.2, 0.25) is 0 Å². The van der Waals surface area contributed by atoms with E-state index in [0.717, 1.165) is 6.20 Å². The van der Waals surface area contributed by atoms with Gasteiger partial charge in [-0.25, -0.2) is 0 Å². The number of hydrogen-bond donors (Lipinski definition) is 0. The molecule has 0 N–H and O–H groups in total. The molecule has 0 saturated carbocycles. The Morgan fingerprint density at radius 3 is 2.38 bits per heavy atom. The van der Waals surface area contributed by atoms with Crippen molar-refractivity contribution in [1.29, 1.82) is 0 Å². The molecular weight excluding hydrogens is 293 g/mol. The van der Waals surface area contributed by atoms with Crippen LogP contribution in [-0.2, 0) is 4.74 Å². The summed E-state index contributed by atoms with van der Waals surface area (Å²) in [6, 6.07) is 7.65. The van der Waals surface area contributed by atoms with Crippen molar-refractivity contribution in [1.82, 2.24) is 4.57 Å². The van der Waals surface area contributed by atoms with E-state index >= 15 is 0 Å². The van der Waals surface area contributed by atoms with Gasteiger partial charge in [-0.15, -0.1) is 0 Å². The van der Waals surface area contributed by atoms with E-state index in [-0.39, 0.29) is 11.9 Å². The Morgan fingerprint density at radius 2 is 1.76 bits per heavy atom. The van der Waals surface area contributed by atoms with Gasteiger partial charge in [0.1, 0.15) is 0 Å². The summed E-state index contributed by atoms with van der Waals surface area (Å²) in [6.07, 6.45) is -11.1. The summed E-state index contributed by atoms with van der Waals surface area (Å²) in [5.41, 5.74) is 0.187. The molecule has 2 aromatic rings. The second-order valence-corrected chi connectivity index (χ2v) is 4.68. The monoisotopic (exact) mass is 307 g/mol. The fourth-order valence-electron chi connectivity index (χ4n) is 2.10. The molecule has 2 nitrogen and oxygen atoms in total. The highest BCUT2D eigenvalue weighted by atomic mass is 19.4. The SMILES string of the molecule is CCCC(F)(F)OC(n1ccc2ccccc21)C(F)(F)F. The van der Waals surface area contributed by atoms with Crippen LogP contribution >= 0.6 is 0 Å². The Bertz CT molecular complexity index is 605. The third-order valence-electron chi connectivity index (χ3n) is 2.99. The van der Waals surface area contributed by atoms with Crippen LogP contribution in [0.25, 0.3) is 10.9 Å². The molecule has 0 saturated heterocycles. The van der Waals surface area contributed by atoms with Gasteiger partial charge in [-0.3, -0.25) is 4.74 Å². The molecule has 0 aliphatic heterocycles. The maximum atomic E-state index is 13.5. The predicted octanol–water partition coefficient (Wildman–Crippen LogP) is 5.11. The van der Waals surface area contributed by atoms with Crippen LogP contribution in [0.15, 0.2) is 36.5 Å². The molecule has 0 aliphatic rings. The number of benzene rings is 1. The van der Waals surface area contributed by atoms with Crippen molar-refractivity contribution in [3.05, 3.63) is 36.5 Å². The van der Waals surface area contributed by atoms with Crippen molar-refractivity contribution < 1.29 is 26.7 Å². The average Bonchev–Trinajstić information content (AvgIpc) is 2.78. The highest BCUT2D eigenvalue weighted by molar-refractivity contribution is 5.80. The van der Waals surface area contributed by atoms with Gasteiger partial charge in [-0.1, -0.05) is 25.1 Å². The van der Waals surface area contributed by atoms with Crippen LogP contribution in [0.1, 0.15) is 26.0 Å². The minimum Gasteiger partial charge on any atom is -0.313 e. The summed E-state index contributed by atoms with van der Waals surface area (Å²) >= 11 is 0. The van der Waals surface area contributed by atoms with Crippen molar-refractivity contribution in [2.75, 3.05) is 0 Å². The molecule has 116 valence electrons. The molecule has 1 aromatic heterocycles. The van der Waals surface area contributed by atoms with E-state index in [1.165, 1.54) is 25.1 Å². The number of aromatic nitrogens is 1. The van der Waals surface area contributed by atoms with Crippen molar-refractivity contribution in [3.63, 3.8) is 0 Å². The largest absolute Gasteiger partial charge is 0.434 e. The first-order chi connectivity index (χ1) is 9.74. The molecule has 0 aliphatic carbocycles. The van der Waals surface area contributed by atoms with E-state index in [9.17, 15) is 22.0 Å².